The molecule has 0 spiro atoms. The van der Waals surface area contributed by atoms with E-state index in [9.17, 15) is 0 Å². The van der Waals surface area contributed by atoms with Crippen LogP contribution in [0.4, 0.5) is 0 Å². The van der Waals surface area contributed by atoms with Crippen LogP contribution in [-0.4, -0.2) is 14.2 Å². The Bertz CT molecular complexity index is 2240. The number of benzene rings is 6. The molecule has 6 aromatic carbocycles. The van der Waals surface area contributed by atoms with Crippen LogP contribution >= 0.6 is 0 Å². The van der Waals surface area contributed by atoms with E-state index in [1.54, 1.807) is 0 Å². The molecule has 0 saturated carbocycles. The Balaban J connectivity index is 1.83. The molecule has 0 atom stereocenters. The van der Waals surface area contributed by atoms with Gasteiger partial charge >= 0.3 is 0 Å². The molecular formula is C57H68O2. The van der Waals surface area contributed by atoms with E-state index < -0.39 is 5.41 Å². The van der Waals surface area contributed by atoms with Gasteiger partial charge in [-0.1, -0.05) is 38.1 Å². The molecule has 0 aliphatic rings. The summed E-state index contributed by atoms with van der Waals surface area (Å²) in [6.45, 7) is 40.9. The summed E-state index contributed by atoms with van der Waals surface area (Å²) in [5.41, 5.74) is 32.3. The number of rotatable bonds is 8. The van der Waals surface area contributed by atoms with E-state index in [-0.39, 0.29) is 0 Å². The topological polar surface area (TPSA) is 18.5 Å². The lowest BCUT2D eigenvalue weighted by molar-refractivity contribution is 0.417. The van der Waals surface area contributed by atoms with Crippen molar-refractivity contribution in [3.63, 3.8) is 0 Å². The molecule has 0 aliphatic carbocycles. The van der Waals surface area contributed by atoms with Crippen LogP contribution < -0.4 is 9.47 Å². The van der Waals surface area contributed by atoms with Crippen molar-refractivity contribution in [1.29, 1.82) is 0 Å². The highest BCUT2D eigenvalue weighted by Gasteiger charge is 2.32. The molecule has 59 heavy (non-hydrogen) atoms. The average molecular weight is 785 g/mol. The van der Waals surface area contributed by atoms with Gasteiger partial charge in [0.1, 0.15) is 11.5 Å². The largest absolute Gasteiger partial charge is 0.495 e. The fourth-order valence-electron chi connectivity index (χ4n) is 9.81. The van der Waals surface area contributed by atoms with E-state index >= 15 is 0 Å². The Hall–Kier alpha value is -5.08. The maximum atomic E-state index is 6.60. The first-order chi connectivity index (χ1) is 27.6. The summed E-state index contributed by atoms with van der Waals surface area (Å²) >= 11 is 0. The van der Waals surface area contributed by atoms with Gasteiger partial charge in [-0.15, -0.1) is 0 Å². The van der Waals surface area contributed by atoms with E-state index in [0.717, 1.165) is 33.8 Å². The second-order valence-electron chi connectivity index (χ2n) is 18.4. The fourth-order valence-corrected chi connectivity index (χ4v) is 9.81. The molecule has 0 amide bonds. The summed E-state index contributed by atoms with van der Waals surface area (Å²) in [5.74, 6) is 1.85. The van der Waals surface area contributed by atoms with Crippen LogP contribution in [0.15, 0.2) is 48.5 Å². The molecule has 0 saturated heterocycles. The second kappa shape index (κ2) is 15.8. The number of hydrogen-bond donors (Lipinski definition) is 0. The average Bonchev–Trinajstić information content (AvgIpc) is 3.18. The van der Waals surface area contributed by atoms with Crippen LogP contribution in [0, 0.1) is 111 Å². The van der Waals surface area contributed by atoms with Crippen LogP contribution in [-0.2, 0) is 5.41 Å². The predicted molar refractivity (Wildman–Crippen MR) is 256 cm³/mol. The van der Waals surface area contributed by atoms with Crippen molar-refractivity contribution >= 4 is 0 Å². The van der Waals surface area contributed by atoms with E-state index in [2.05, 4.69) is 173 Å². The minimum absolute atomic E-state index is 0.450. The van der Waals surface area contributed by atoms with Gasteiger partial charge in [-0.2, -0.15) is 0 Å². The normalized spacial score (nSPS) is 11.7. The van der Waals surface area contributed by atoms with Gasteiger partial charge in [0, 0.05) is 27.7 Å². The molecule has 0 unspecified atom stereocenters. The Kier molecular flexibility index (Phi) is 11.7. The molecule has 2 nitrogen and oxygen atoms in total. The Morgan fingerprint density at radius 1 is 0.288 bits per heavy atom. The molecule has 6 rings (SSSR count). The lowest BCUT2D eigenvalue weighted by atomic mass is 9.72. The molecule has 0 fully saturated rings. The Labute approximate surface area is 357 Å². The van der Waals surface area contributed by atoms with E-state index in [1.165, 1.54) is 122 Å². The van der Waals surface area contributed by atoms with Gasteiger partial charge in [0.05, 0.1) is 14.2 Å². The van der Waals surface area contributed by atoms with Gasteiger partial charge < -0.3 is 9.47 Å². The lowest BCUT2D eigenvalue weighted by Crippen LogP contribution is -2.20. The molecule has 0 radical (unpaired) electrons. The molecule has 2 heteroatoms. The number of ether oxygens (including phenoxy) is 2. The molecule has 0 aromatic heterocycles. The van der Waals surface area contributed by atoms with Gasteiger partial charge in [0.15, 0.2) is 0 Å². The maximum absolute atomic E-state index is 6.60. The van der Waals surface area contributed by atoms with Gasteiger partial charge in [-0.3, -0.25) is 0 Å². The van der Waals surface area contributed by atoms with E-state index in [0.29, 0.717) is 0 Å². The van der Waals surface area contributed by atoms with Crippen molar-refractivity contribution in [1.82, 2.24) is 0 Å². The highest BCUT2D eigenvalue weighted by Crippen LogP contribution is 2.52. The Morgan fingerprint density at radius 2 is 0.458 bits per heavy atom. The van der Waals surface area contributed by atoms with Crippen molar-refractivity contribution in [2.24, 2.45) is 0 Å². The van der Waals surface area contributed by atoms with Crippen molar-refractivity contribution in [3.05, 3.63) is 149 Å². The first kappa shape index (κ1) is 43.5. The summed E-state index contributed by atoms with van der Waals surface area (Å²) in [5, 5.41) is 0. The zero-order valence-corrected chi connectivity index (χ0v) is 39.9. The summed E-state index contributed by atoms with van der Waals surface area (Å²) < 4.78 is 13.2. The predicted octanol–water partition coefficient (Wildman–Crippen LogP) is 15.6. The van der Waals surface area contributed by atoms with Gasteiger partial charge in [0.25, 0.3) is 0 Å². The quantitative estimate of drug-likeness (QED) is 0.153. The minimum Gasteiger partial charge on any atom is -0.495 e. The van der Waals surface area contributed by atoms with Crippen molar-refractivity contribution in [2.75, 3.05) is 14.2 Å². The molecule has 0 N–H and O–H groups in total. The minimum atomic E-state index is -0.450. The third-order valence-electron chi connectivity index (χ3n) is 14.6. The van der Waals surface area contributed by atoms with Crippen LogP contribution in [0.1, 0.15) is 114 Å². The van der Waals surface area contributed by atoms with Crippen molar-refractivity contribution in [3.8, 4) is 56.0 Å². The van der Waals surface area contributed by atoms with E-state index in [4.69, 9.17) is 9.47 Å². The van der Waals surface area contributed by atoms with E-state index in [1.807, 2.05) is 14.2 Å². The highest BCUT2D eigenvalue weighted by atomic mass is 16.5. The zero-order valence-electron chi connectivity index (χ0n) is 39.9. The highest BCUT2D eigenvalue weighted by molar-refractivity contribution is 5.91. The first-order valence-electron chi connectivity index (χ1n) is 21.3. The van der Waals surface area contributed by atoms with Gasteiger partial charge in [-0.25, -0.2) is 0 Å². The number of aryl methyl sites for hydroxylation is 8. The maximum Gasteiger partial charge on any atom is 0.134 e. The lowest BCUT2D eigenvalue weighted by Gasteiger charge is -2.32. The molecule has 308 valence electrons. The second-order valence-corrected chi connectivity index (χ2v) is 18.4. The van der Waals surface area contributed by atoms with Gasteiger partial charge in [-0.05, 0) is 257 Å². The SMILES string of the molecule is COc1c(-c2c(C)c(C)cc(C)c2C)cc(C(C)(C)c2cc(-c3c(C)c(C)cc(C)c3C)c(OC)c(-c3c(C)c(C)cc(C)c3C)c2)cc1-c1c(C)c(C)cc(C)c1C. The fraction of sp³-hybridized carbons (Fsp3) is 0.368. The smallest absolute Gasteiger partial charge is 0.134 e. The van der Waals surface area contributed by atoms with Crippen LogP contribution in [0.5, 0.6) is 11.5 Å². The summed E-state index contributed by atoms with van der Waals surface area (Å²) in [4.78, 5) is 0. The third kappa shape index (κ3) is 7.11. The van der Waals surface area contributed by atoms with Gasteiger partial charge in [0.2, 0.25) is 0 Å². The Morgan fingerprint density at radius 3 is 0.610 bits per heavy atom. The van der Waals surface area contributed by atoms with Crippen molar-refractivity contribution < 1.29 is 9.47 Å². The summed E-state index contributed by atoms with van der Waals surface area (Å²) in [6.07, 6.45) is 0. The summed E-state index contributed by atoms with van der Waals surface area (Å²) in [6, 6.07) is 19.0. The standard InChI is InChI=1S/C57H68O2/c1-29-21-30(2)38(10)51(37(29)9)47-25-45(26-48(55(47)58-19)52-39(11)31(3)22-32(4)40(52)12)57(17,18)46-27-49(53-41(13)33(5)23-34(6)42(53)14)56(59-20)50(28-46)54-43(15)35(7)24-36(8)44(54)16/h21-28H,1-20H3. The number of hydrogen-bond acceptors (Lipinski definition) is 2. The van der Waals surface area contributed by atoms with Crippen LogP contribution in [0.25, 0.3) is 44.5 Å². The van der Waals surface area contributed by atoms with Crippen molar-refractivity contribution in [2.45, 2.75) is 130 Å². The third-order valence-corrected chi connectivity index (χ3v) is 14.6. The monoisotopic (exact) mass is 785 g/mol. The molecule has 6 aromatic rings. The van der Waals surface area contributed by atoms with Crippen LogP contribution in [0.3, 0.4) is 0 Å². The van der Waals surface area contributed by atoms with Crippen LogP contribution in [0.2, 0.25) is 0 Å². The number of methoxy groups -OCH3 is 2. The molecule has 0 bridgehead atoms. The molecular weight excluding hydrogens is 717 g/mol. The zero-order chi connectivity index (χ0) is 43.7. The first-order valence-corrected chi connectivity index (χ1v) is 21.3. The summed E-state index contributed by atoms with van der Waals surface area (Å²) in [7, 11) is 3.69. The molecule has 0 heterocycles. The molecule has 0 aliphatic heterocycles.